The second-order valence-electron chi connectivity index (χ2n) is 6.05. The highest BCUT2D eigenvalue weighted by atomic mass is 32.2. The summed E-state index contributed by atoms with van der Waals surface area (Å²) in [7, 11) is -3.63. The largest absolute Gasteiger partial charge is 0.392 e. The van der Waals surface area contributed by atoms with E-state index in [2.05, 4.69) is 4.72 Å². The van der Waals surface area contributed by atoms with E-state index < -0.39 is 10.0 Å². The maximum Gasteiger partial charge on any atom is 0.261 e. The van der Waals surface area contributed by atoms with Crippen LogP contribution >= 0.6 is 0 Å². The number of nitrogens with one attached hydrogen (secondary N) is 1. The van der Waals surface area contributed by atoms with Gasteiger partial charge in [-0.05, 0) is 73.1 Å². The summed E-state index contributed by atoms with van der Waals surface area (Å²) < 4.78 is 28.0. The summed E-state index contributed by atoms with van der Waals surface area (Å²) in [4.78, 5) is 0.298. The molecule has 2 N–H and O–H groups in total. The molecule has 2 aromatic rings. The van der Waals surface area contributed by atoms with Gasteiger partial charge in [0.25, 0.3) is 10.0 Å². The molecular formula is C18H21NO3S. The Hall–Kier alpha value is -1.85. The highest BCUT2D eigenvalue weighted by Gasteiger charge is 2.18. The second-order valence-corrected chi connectivity index (χ2v) is 7.73. The Labute approximate surface area is 137 Å². The Morgan fingerprint density at radius 3 is 2.52 bits per heavy atom. The third kappa shape index (κ3) is 3.41. The van der Waals surface area contributed by atoms with Crippen LogP contribution < -0.4 is 4.72 Å². The lowest BCUT2D eigenvalue weighted by molar-refractivity contribution is 0.282. The number of benzene rings is 2. The van der Waals surface area contributed by atoms with Crippen LogP contribution in [0.2, 0.25) is 0 Å². The summed E-state index contributed by atoms with van der Waals surface area (Å²) in [6, 6.07) is 10.7. The molecule has 1 aliphatic carbocycles. The van der Waals surface area contributed by atoms with Crippen LogP contribution in [0.4, 0.5) is 5.69 Å². The molecule has 0 fully saturated rings. The smallest absolute Gasteiger partial charge is 0.261 e. The van der Waals surface area contributed by atoms with Crippen molar-refractivity contribution in [3.8, 4) is 0 Å². The van der Waals surface area contributed by atoms with Gasteiger partial charge in [0, 0.05) is 0 Å². The molecule has 0 unspecified atom stereocenters. The monoisotopic (exact) mass is 331 g/mol. The predicted octanol–water partition coefficient (Wildman–Crippen LogP) is 3.17. The summed E-state index contributed by atoms with van der Waals surface area (Å²) in [5.41, 5.74) is 4.41. The predicted molar refractivity (Wildman–Crippen MR) is 91.0 cm³/mol. The highest BCUT2D eigenvalue weighted by molar-refractivity contribution is 7.92. The fraction of sp³-hybridized carbons (Fsp3) is 0.333. The van der Waals surface area contributed by atoms with Crippen molar-refractivity contribution in [2.75, 3.05) is 4.72 Å². The molecule has 0 aromatic heterocycles. The van der Waals surface area contributed by atoms with Gasteiger partial charge in [0.15, 0.2) is 0 Å². The maximum atomic E-state index is 12.7. The normalized spacial score (nSPS) is 14.3. The summed E-state index contributed by atoms with van der Waals surface area (Å²) in [6.45, 7) is 1.72. The fourth-order valence-corrected chi connectivity index (χ4v) is 4.13. The number of sulfonamides is 1. The summed E-state index contributed by atoms with van der Waals surface area (Å²) in [6.07, 6.45) is 4.25. The zero-order valence-electron chi connectivity index (χ0n) is 13.2. The van der Waals surface area contributed by atoms with E-state index in [1.165, 1.54) is 12.0 Å². The Morgan fingerprint density at radius 2 is 1.78 bits per heavy atom. The lowest BCUT2D eigenvalue weighted by atomic mass is 9.92. The number of fused-ring (bicyclic) bond motifs is 1. The molecule has 0 bridgehead atoms. The van der Waals surface area contributed by atoms with Gasteiger partial charge in [-0.2, -0.15) is 0 Å². The van der Waals surface area contributed by atoms with Crippen LogP contribution in [-0.2, 0) is 29.5 Å². The van der Waals surface area contributed by atoms with E-state index in [1.54, 1.807) is 30.3 Å². The zero-order chi connectivity index (χ0) is 16.4. The van der Waals surface area contributed by atoms with Gasteiger partial charge in [-0.1, -0.05) is 18.2 Å². The van der Waals surface area contributed by atoms with Crippen LogP contribution in [0.1, 0.15) is 35.1 Å². The van der Waals surface area contributed by atoms with Crippen molar-refractivity contribution >= 4 is 15.7 Å². The number of hydrogen-bond donors (Lipinski definition) is 2. The number of aryl methyl sites for hydroxylation is 3. The molecule has 4 nitrogen and oxygen atoms in total. The fourth-order valence-electron chi connectivity index (χ4n) is 2.96. The molecule has 5 heteroatoms. The standard InChI is InChI=1S/C18H21NO3S/c1-13-6-7-14(12-20)10-18(13)19-23(21,22)17-9-8-15-4-2-3-5-16(15)11-17/h6-11,19-20H,2-5,12H2,1H3. The Kier molecular flexibility index (Phi) is 4.41. The average molecular weight is 331 g/mol. The lowest BCUT2D eigenvalue weighted by Crippen LogP contribution is -2.15. The molecule has 23 heavy (non-hydrogen) atoms. The molecule has 0 atom stereocenters. The van der Waals surface area contributed by atoms with Gasteiger partial charge in [-0.15, -0.1) is 0 Å². The van der Waals surface area contributed by atoms with Crippen LogP contribution in [0.15, 0.2) is 41.3 Å². The van der Waals surface area contributed by atoms with Crippen molar-refractivity contribution in [2.24, 2.45) is 0 Å². The van der Waals surface area contributed by atoms with Gasteiger partial charge in [0.2, 0.25) is 0 Å². The van der Waals surface area contributed by atoms with Crippen molar-refractivity contribution in [1.82, 2.24) is 0 Å². The SMILES string of the molecule is Cc1ccc(CO)cc1NS(=O)(=O)c1ccc2c(c1)CCCC2. The lowest BCUT2D eigenvalue weighted by Gasteiger charge is -2.17. The van der Waals surface area contributed by atoms with Crippen LogP contribution in [0.3, 0.4) is 0 Å². The summed E-state index contributed by atoms with van der Waals surface area (Å²) >= 11 is 0. The Bertz CT molecular complexity index is 828. The first-order chi connectivity index (χ1) is 11.0. The number of aliphatic hydroxyl groups is 1. The number of aliphatic hydroxyl groups excluding tert-OH is 1. The minimum Gasteiger partial charge on any atom is -0.392 e. The van der Waals surface area contributed by atoms with Crippen LogP contribution in [0.5, 0.6) is 0 Å². The summed E-state index contributed by atoms with van der Waals surface area (Å²) in [5.74, 6) is 0. The number of rotatable bonds is 4. The first-order valence-corrected chi connectivity index (χ1v) is 9.33. The van der Waals surface area contributed by atoms with Crippen molar-refractivity contribution < 1.29 is 13.5 Å². The quantitative estimate of drug-likeness (QED) is 0.904. The Morgan fingerprint density at radius 1 is 1.04 bits per heavy atom. The first-order valence-electron chi connectivity index (χ1n) is 7.84. The number of anilines is 1. The third-order valence-corrected chi connectivity index (χ3v) is 5.72. The molecule has 0 saturated carbocycles. The van der Waals surface area contributed by atoms with Crippen molar-refractivity contribution in [3.63, 3.8) is 0 Å². The molecule has 1 aliphatic rings. The molecule has 0 radical (unpaired) electrons. The van der Waals surface area contributed by atoms with Crippen LogP contribution in [0.25, 0.3) is 0 Å². The molecule has 122 valence electrons. The van der Waals surface area contributed by atoms with E-state index in [-0.39, 0.29) is 6.61 Å². The molecule has 2 aromatic carbocycles. The van der Waals surface area contributed by atoms with Gasteiger partial charge in [-0.25, -0.2) is 8.42 Å². The number of hydrogen-bond acceptors (Lipinski definition) is 3. The van der Waals surface area contributed by atoms with Crippen LogP contribution in [0, 0.1) is 6.92 Å². The molecule has 0 spiro atoms. The first kappa shape index (κ1) is 16.0. The average Bonchev–Trinajstić information content (AvgIpc) is 2.56. The highest BCUT2D eigenvalue weighted by Crippen LogP contribution is 2.26. The van der Waals surface area contributed by atoms with E-state index in [0.29, 0.717) is 16.1 Å². The van der Waals surface area contributed by atoms with Crippen molar-refractivity contribution in [3.05, 3.63) is 58.7 Å². The molecule has 0 heterocycles. The van der Waals surface area contributed by atoms with E-state index in [0.717, 1.165) is 30.4 Å². The minimum absolute atomic E-state index is 0.117. The van der Waals surface area contributed by atoms with Gasteiger partial charge in [0.1, 0.15) is 0 Å². The summed E-state index contributed by atoms with van der Waals surface area (Å²) in [5, 5.41) is 9.22. The van der Waals surface area contributed by atoms with E-state index in [9.17, 15) is 13.5 Å². The van der Waals surface area contributed by atoms with Gasteiger partial charge >= 0.3 is 0 Å². The van der Waals surface area contributed by atoms with E-state index in [1.807, 2.05) is 13.0 Å². The van der Waals surface area contributed by atoms with Crippen LogP contribution in [-0.4, -0.2) is 13.5 Å². The molecule has 0 aliphatic heterocycles. The molecule has 0 saturated heterocycles. The van der Waals surface area contributed by atoms with Crippen molar-refractivity contribution in [1.29, 1.82) is 0 Å². The van der Waals surface area contributed by atoms with Gasteiger partial charge < -0.3 is 5.11 Å². The zero-order valence-corrected chi connectivity index (χ0v) is 14.0. The molecule has 0 amide bonds. The van der Waals surface area contributed by atoms with Gasteiger partial charge in [-0.3, -0.25) is 4.72 Å². The van der Waals surface area contributed by atoms with E-state index >= 15 is 0 Å². The minimum atomic E-state index is -3.63. The topological polar surface area (TPSA) is 66.4 Å². The van der Waals surface area contributed by atoms with Gasteiger partial charge in [0.05, 0.1) is 17.2 Å². The molecular weight excluding hydrogens is 310 g/mol. The maximum absolute atomic E-state index is 12.7. The Balaban J connectivity index is 1.93. The van der Waals surface area contributed by atoms with Crippen molar-refractivity contribution in [2.45, 2.75) is 44.1 Å². The van der Waals surface area contributed by atoms with E-state index in [4.69, 9.17) is 0 Å². The third-order valence-electron chi connectivity index (χ3n) is 4.36. The second kappa shape index (κ2) is 6.34. The molecule has 3 rings (SSSR count).